The van der Waals surface area contributed by atoms with Crippen LogP contribution in [-0.2, 0) is 14.3 Å². The molecule has 2 aliphatic rings. The van der Waals surface area contributed by atoms with Gasteiger partial charge in [-0.3, -0.25) is 4.79 Å². The summed E-state index contributed by atoms with van der Waals surface area (Å²) in [6, 6.07) is 5.35. The first kappa shape index (κ1) is 16.1. The van der Waals surface area contributed by atoms with Crippen molar-refractivity contribution in [1.82, 2.24) is 0 Å². The molecular formula is C17H23NO5. The van der Waals surface area contributed by atoms with Crippen LogP contribution in [-0.4, -0.2) is 39.1 Å². The molecule has 1 aliphatic carbocycles. The summed E-state index contributed by atoms with van der Waals surface area (Å²) >= 11 is 0. The number of amides is 1. The Morgan fingerprint density at radius 2 is 1.87 bits per heavy atom. The van der Waals surface area contributed by atoms with Gasteiger partial charge in [0, 0.05) is 24.8 Å². The molecule has 1 saturated heterocycles. The second-order valence-electron chi connectivity index (χ2n) is 5.94. The van der Waals surface area contributed by atoms with Crippen LogP contribution < -0.4 is 14.8 Å². The van der Waals surface area contributed by atoms with Crippen LogP contribution in [0.25, 0.3) is 0 Å². The zero-order valence-electron chi connectivity index (χ0n) is 13.6. The van der Waals surface area contributed by atoms with Crippen LogP contribution in [0.4, 0.5) is 5.69 Å². The normalized spacial score (nSPS) is 20.4. The highest BCUT2D eigenvalue weighted by molar-refractivity contribution is 5.94. The summed E-state index contributed by atoms with van der Waals surface area (Å²) in [5.41, 5.74) is 0.630. The smallest absolute Gasteiger partial charge is 0.227 e. The lowest BCUT2D eigenvalue weighted by Crippen LogP contribution is -2.38. The van der Waals surface area contributed by atoms with Crippen molar-refractivity contribution < 1.29 is 23.7 Å². The molecule has 6 heteroatoms. The lowest BCUT2D eigenvalue weighted by molar-refractivity contribution is -0.182. The first-order chi connectivity index (χ1) is 11.2. The minimum atomic E-state index is -0.440. The van der Waals surface area contributed by atoms with Crippen molar-refractivity contribution in [2.45, 2.75) is 31.5 Å². The maximum atomic E-state index is 12.5. The second-order valence-corrected chi connectivity index (χ2v) is 5.94. The minimum Gasteiger partial charge on any atom is -0.497 e. The number of benzene rings is 1. The lowest BCUT2D eigenvalue weighted by atomic mass is 9.84. The van der Waals surface area contributed by atoms with E-state index in [1.165, 1.54) is 0 Å². The predicted molar refractivity (Wildman–Crippen MR) is 84.8 cm³/mol. The summed E-state index contributed by atoms with van der Waals surface area (Å²) in [5, 5.41) is 2.96. The van der Waals surface area contributed by atoms with Gasteiger partial charge in [-0.2, -0.15) is 0 Å². The van der Waals surface area contributed by atoms with Crippen molar-refractivity contribution in [2.24, 2.45) is 5.92 Å². The zero-order chi connectivity index (χ0) is 16.3. The Morgan fingerprint density at radius 1 is 1.17 bits per heavy atom. The quantitative estimate of drug-likeness (QED) is 0.923. The molecule has 23 heavy (non-hydrogen) atoms. The maximum absolute atomic E-state index is 12.5. The zero-order valence-corrected chi connectivity index (χ0v) is 13.6. The van der Waals surface area contributed by atoms with Gasteiger partial charge >= 0.3 is 0 Å². The van der Waals surface area contributed by atoms with Crippen LogP contribution in [0.15, 0.2) is 18.2 Å². The van der Waals surface area contributed by atoms with Crippen LogP contribution in [0.2, 0.25) is 0 Å². The monoisotopic (exact) mass is 321 g/mol. The SMILES string of the molecule is COc1ccc(OC)c(NC(=O)C2CCC3(CC2)OCCO3)c1. The predicted octanol–water partition coefficient (Wildman–Crippen LogP) is 2.58. The van der Waals surface area contributed by atoms with Crippen LogP contribution >= 0.6 is 0 Å². The third-order valence-corrected chi connectivity index (χ3v) is 4.60. The van der Waals surface area contributed by atoms with Gasteiger partial charge < -0.3 is 24.3 Å². The van der Waals surface area contributed by atoms with E-state index in [1.807, 2.05) is 0 Å². The van der Waals surface area contributed by atoms with Crippen molar-refractivity contribution >= 4 is 11.6 Å². The molecule has 0 radical (unpaired) electrons. The van der Waals surface area contributed by atoms with Gasteiger partial charge in [-0.15, -0.1) is 0 Å². The Hall–Kier alpha value is -1.79. The molecule has 2 fully saturated rings. The largest absolute Gasteiger partial charge is 0.497 e. The molecule has 1 aliphatic heterocycles. The standard InChI is InChI=1S/C17H23NO5/c1-20-13-3-4-15(21-2)14(11-13)18-16(19)12-5-7-17(8-6-12)22-9-10-23-17/h3-4,11-12H,5-10H2,1-2H3,(H,18,19). The number of hydrogen-bond acceptors (Lipinski definition) is 5. The van der Waals surface area contributed by atoms with Gasteiger partial charge in [0.1, 0.15) is 11.5 Å². The highest BCUT2D eigenvalue weighted by Crippen LogP contribution is 2.39. The fourth-order valence-corrected chi connectivity index (χ4v) is 3.25. The molecule has 1 heterocycles. The molecule has 3 rings (SSSR count). The van der Waals surface area contributed by atoms with Crippen molar-refractivity contribution in [3.05, 3.63) is 18.2 Å². The number of ether oxygens (including phenoxy) is 4. The van der Waals surface area contributed by atoms with E-state index >= 15 is 0 Å². The fraction of sp³-hybridized carbons (Fsp3) is 0.588. The van der Waals surface area contributed by atoms with Gasteiger partial charge in [-0.25, -0.2) is 0 Å². The number of anilines is 1. The topological polar surface area (TPSA) is 66.0 Å². The van der Waals surface area contributed by atoms with E-state index in [-0.39, 0.29) is 11.8 Å². The van der Waals surface area contributed by atoms with E-state index < -0.39 is 5.79 Å². The Morgan fingerprint density at radius 3 is 2.48 bits per heavy atom. The Bertz CT molecular complexity index is 558. The van der Waals surface area contributed by atoms with Gasteiger partial charge in [0.25, 0.3) is 0 Å². The molecule has 0 bridgehead atoms. The molecule has 1 aromatic carbocycles. The van der Waals surface area contributed by atoms with Gasteiger partial charge in [-0.1, -0.05) is 0 Å². The average molecular weight is 321 g/mol. The molecule has 1 aromatic rings. The van der Waals surface area contributed by atoms with Gasteiger partial charge in [-0.05, 0) is 25.0 Å². The summed E-state index contributed by atoms with van der Waals surface area (Å²) in [5.74, 6) is 0.823. The number of rotatable bonds is 4. The highest BCUT2D eigenvalue weighted by atomic mass is 16.7. The molecule has 126 valence electrons. The van der Waals surface area contributed by atoms with Gasteiger partial charge in [0.05, 0.1) is 33.1 Å². The van der Waals surface area contributed by atoms with E-state index in [0.717, 1.165) is 25.7 Å². The van der Waals surface area contributed by atoms with Crippen molar-refractivity contribution in [3.63, 3.8) is 0 Å². The van der Waals surface area contributed by atoms with E-state index in [1.54, 1.807) is 32.4 Å². The molecule has 1 spiro atoms. The molecule has 6 nitrogen and oxygen atoms in total. The Kier molecular flexibility index (Phi) is 4.73. The average Bonchev–Trinajstić information content (AvgIpc) is 3.03. The number of methoxy groups -OCH3 is 2. The molecule has 1 amide bonds. The van der Waals surface area contributed by atoms with E-state index in [9.17, 15) is 4.79 Å². The number of carbonyl (C=O) groups excluding carboxylic acids is 1. The number of carbonyl (C=O) groups is 1. The third kappa shape index (κ3) is 3.43. The summed E-state index contributed by atoms with van der Waals surface area (Å²) < 4.78 is 21.9. The van der Waals surface area contributed by atoms with Crippen LogP contribution in [0, 0.1) is 5.92 Å². The molecular weight excluding hydrogens is 298 g/mol. The van der Waals surface area contributed by atoms with Crippen molar-refractivity contribution in [3.8, 4) is 11.5 Å². The second kappa shape index (κ2) is 6.76. The first-order valence-electron chi connectivity index (χ1n) is 7.96. The summed E-state index contributed by atoms with van der Waals surface area (Å²) in [6.45, 7) is 1.30. The molecule has 0 unspecified atom stereocenters. The van der Waals surface area contributed by atoms with Crippen LogP contribution in [0.3, 0.4) is 0 Å². The first-order valence-corrected chi connectivity index (χ1v) is 7.96. The van der Waals surface area contributed by atoms with E-state index in [0.29, 0.717) is 30.4 Å². The fourth-order valence-electron chi connectivity index (χ4n) is 3.25. The summed E-state index contributed by atoms with van der Waals surface area (Å²) in [6.07, 6.45) is 3.05. The highest BCUT2D eigenvalue weighted by Gasteiger charge is 2.41. The van der Waals surface area contributed by atoms with Crippen LogP contribution in [0.1, 0.15) is 25.7 Å². The minimum absolute atomic E-state index is 0.00407. The summed E-state index contributed by atoms with van der Waals surface area (Å²) in [7, 11) is 3.17. The molecule has 0 aromatic heterocycles. The van der Waals surface area contributed by atoms with Crippen molar-refractivity contribution in [2.75, 3.05) is 32.8 Å². The van der Waals surface area contributed by atoms with E-state index in [4.69, 9.17) is 18.9 Å². The van der Waals surface area contributed by atoms with Gasteiger partial charge in [0.15, 0.2) is 5.79 Å². The van der Waals surface area contributed by atoms with Crippen molar-refractivity contribution in [1.29, 1.82) is 0 Å². The van der Waals surface area contributed by atoms with Crippen LogP contribution in [0.5, 0.6) is 11.5 Å². The lowest BCUT2D eigenvalue weighted by Gasteiger charge is -2.34. The number of nitrogens with one attached hydrogen (secondary N) is 1. The Balaban J connectivity index is 1.63. The van der Waals surface area contributed by atoms with Gasteiger partial charge in [0.2, 0.25) is 5.91 Å². The number of hydrogen-bond donors (Lipinski definition) is 1. The third-order valence-electron chi connectivity index (χ3n) is 4.60. The molecule has 1 N–H and O–H groups in total. The molecule has 1 saturated carbocycles. The van der Waals surface area contributed by atoms with E-state index in [2.05, 4.69) is 5.32 Å². The molecule has 0 atom stereocenters. The maximum Gasteiger partial charge on any atom is 0.227 e. The summed E-state index contributed by atoms with van der Waals surface area (Å²) in [4.78, 5) is 12.5. The Labute approximate surface area is 136 Å².